The first-order valence-corrected chi connectivity index (χ1v) is 13.9. The third-order valence-corrected chi connectivity index (χ3v) is 8.79. The molecule has 1 aromatic carbocycles. The smallest absolute Gasteiger partial charge is 0.249 e. The van der Waals surface area contributed by atoms with Gasteiger partial charge in [-0.2, -0.15) is 0 Å². The molecule has 0 unspecified atom stereocenters. The van der Waals surface area contributed by atoms with Gasteiger partial charge in [0, 0.05) is 11.3 Å². The quantitative estimate of drug-likeness (QED) is 0.862. The minimum absolute atomic E-state index is 0.0417. The first-order chi connectivity index (χ1) is 9.70. The number of anilines is 1. The summed E-state index contributed by atoms with van der Waals surface area (Å²) in [6.45, 7) is 11.2. The lowest BCUT2D eigenvalue weighted by atomic mass is 10.1. The number of fused-ring (bicyclic) bond motifs is 2. The van der Waals surface area contributed by atoms with Crippen molar-refractivity contribution in [2.75, 3.05) is 11.9 Å². The zero-order chi connectivity index (χ0) is 15.4. The molecule has 21 heavy (non-hydrogen) atoms. The molecule has 2 aliphatic rings. The van der Waals surface area contributed by atoms with Crippen LogP contribution in [-0.2, 0) is 15.6 Å². The molecule has 0 bridgehead atoms. The fourth-order valence-electron chi connectivity index (χ4n) is 3.12. The molecular formula is C16H23NO2Si2. The van der Waals surface area contributed by atoms with Crippen LogP contribution in [0.2, 0.25) is 32.7 Å². The van der Waals surface area contributed by atoms with E-state index in [1.54, 1.807) is 10.4 Å². The number of rotatable bonds is 4. The van der Waals surface area contributed by atoms with E-state index >= 15 is 0 Å². The topological polar surface area (TPSA) is 38.3 Å². The molecule has 1 aromatic rings. The van der Waals surface area contributed by atoms with Gasteiger partial charge in [-0.1, -0.05) is 30.4 Å². The summed E-state index contributed by atoms with van der Waals surface area (Å²) < 4.78 is 5.68. The van der Waals surface area contributed by atoms with E-state index in [-0.39, 0.29) is 12.5 Å². The van der Waals surface area contributed by atoms with E-state index in [0.717, 1.165) is 12.1 Å². The van der Waals surface area contributed by atoms with E-state index in [2.05, 4.69) is 44.1 Å². The highest BCUT2D eigenvalue weighted by atomic mass is 28.4. The van der Waals surface area contributed by atoms with Crippen molar-refractivity contribution < 1.29 is 9.22 Å². The Bertz CT molecular complexity index is 657. The van der Waals surface area contributed by atoms with Gasteiger partial charge in [-0.15, -0.1) is 0 Å². The van der Waals surface area contributed by atoms with Crippen LogP contribution < -0.4 is 5.32 Å². The number of carbonyl (C=O) groups is 1. The molecule has 0 aromatic heterocycles. The van der Waals surface area contributed by atoms with Crippen molar-refractivity contribution in [2.45, 2.75) is 39.2 Å². The number of amides is 1. The maximum Gasteiger partial charge on any atom is 0.249 e. The SMILES string of the molecule is C[Si](C)(C)OCC(=O)Nc1cccc2c1C1=C(C2)[Si]1(C)C. The van der Waals surface area contributed by atoms with Gasteiger partial charge < -0.3 is 9.74 Å². The molecule has 1 aliphatic carbocycles. The van der Waals surface area contributed by atoms with Gasteiger partial charge in [-0.3, -0.25) is 4.79 Å². The molecule has 0 spiro atoms. The lowest BCUT2D eigenvalue weighted by Gasteiger charge is -2.19. The maximum absolute atomic E-state index is 12.1. The molecule has 1 amide bonds. The van der Waals surface area contributed by atoms with E-state index in [4.69, 9.17) is 4.43 Å². The summed E-state index contributed by atoms with van der Waals surface area (Å²) in [5.74, 6) is -0.0417. The Morgan fingerprint density at radius 1 is 1.33 bits per heavy atom. The van der Waals surface area contributed by atoms with Gasteiger partial charge in [0.25, 0.3) is 0 Å². The molecule has 1 N–H and O–H groups in total. The van der Waals surface area contributed by atoms with Crippen LogP contribution >= 0.6 is 0 Å². The fourth-order valence-corrected chi connectivity index (χ4v) is 7.30. The lowest BCUT2D eigenvalue weighted by molar-refractivity contribution is -0.118. The van der Waals surface area contributed by atoms with Crippen LogP contribution in [0.15, 0.2) is 23.4 Å². The average molecular weight is 318 g/mol. The summed E-state index contributed by atoms with van der Waals surface area (Å²) in [7, 11) is -2.88. The number of nitrogens with one attached hydrogen (secondary N) is 1. The molecule has 0 atom stereocenters. The molecule has 1 heterocycles. The number of hydrogen-bond acceptors (Lipinski definition) is 2. The standard InChI is InChI=1S/C16H23NO2Si2/c1-20(2,3)19-10-14(18)17-12-8-6-7-11-9-13-16(15(11)12)21(13,4)5/h6-8H,9-10H2,1-5H3,(H,17,18). The Labute approximate surface area is 128 Å². The van der Waals surface area contributed by atoms with Crippen LogP contribution in [-0.4, -0.2) is 28.9 Å². The largest absolute Gasteiger partial charge is 0.408 e. The van der Waals surface area contributed by atoms with Gasteiger partial charge in [-0.05, 0) is 42.9 Å². The van der Waals surface area contributed by atoms with E-state index in [0.29, 0.717) is 0 Å². The molecular weight excluding hydrogens is 294 g/mol. The minimum atomic E-state index is -1.65. The summed E-state index contributed by atoms with van der Waals surface area (Å²) in [4.78, 5) is 12.1. The average Bonchev–Trinajstić information content (AvgIpc) is 2.73. The summed E-state index contributed by atoms with van der Waals surface area (Å²) in [5.41, 5.74) is 3.65. The highest BCUT2D eigenvalue weighted by Crippen LogP contribution is 2.57. The van der Waals surface area contributed by atoms with E-state index in [1.807, 2.05) is 12.1 Å². The number of benzene rings is 1. The molecule has 5 heteroatoms. The van der Waals surface area contributed by atoms with Crippen LogP contribution in [0.3, 0.4) is 0 Å². The molecule has 0 saturated heterocycles. The predicted molar refractivity (Wildman–Crippen MR) is 92.5 cm³/mol. The minimum Gasteiger partial charge on any atom is -0.408 e. The fraction of sp³-hybridized carbons (Fsp3) is 0.438. The first kappa shape index (κ1) is 14.7. The van der Waals surface area contributed by atoms with Crippen LogP contribution in [0.25, 0.3) is 5.20 Å². The highest BCUT2D eigenvalue weighted by Gasteiger charge is 2.52. The van der Waals surface area contributed by atoms with E-state index in [9.17, 15) is 4.79 Å². The third-order valence-electron chi connectivity index (χ3n) is 4.30. The number of allylic oxidation sites excluding steroid dienone is 1. The van der Waals surface area contributed by atoms with Crippen LogP contribution in [0.5, 0.6) is 0 Å². The van der Waals surface area contributed by atoms with Crippen molar-refractivity contribution >= 4 is 33.2 Å². The molecule has 0 saturated carbocycles. The van der Waals surface area contributed by atoms with Gasteiger partial charge in [0.1, 0.15) is 14.7 Å². The number of carbonyl (C=O) groups excluding carboxylic acids is 1. The Morgan fingerprint density at radius 2 is 2.05 bits per heavy atom. The van der Waals surface area contributed by atoms with Gasteiger partial charge in [0.2, 0.25) is 5.91 Å². The van der Waals surface area contributed by atoms with Crippen molar-refractivity contribution in [3.05, 3.63) is 34.5 Å². The first-order valence-electron chi connectivity index (χ1n) is 7.50. The molecule has 0 fully saturated rings. The molecule has 3 rings (SSSR count). The van der Waals surface area contributed by atoms with E-state index < -0.39 is 16.4 Å². The molecule has 1 aliphatic heterocycles. The molecule has 0 radical (unpaired) electrons. The summed E-state index contributed by atoms with van der Waals surface area (Å²) in [6, 6.07) is 6.23. The van der Waals surface area contributed by atoms with Crippen molar-refractivity contribution in [1.82, 2.24) is 0 Å². The van der Waals surface area contributed by atoms with Crippen LogP contribution in [0, 0.1) is 0 Å². The Kier molecular flexibility index (Phi) is 3.27. The lowest BCUT2D eigenvalue weighted by Crippen LogP contribution is -2.31. The molecule has 3 nitrogen and oxygen atoms in total. The highest BCUT2D eigenvalue weighted by molar-refractivity contribution is 7.13. The summed E-state index contributed by atoms with van der Waals surface area (Å²) >= 11 is 0. The van der Waals surface area contributed by atoms with Crippen LogP contribution in [0.4, 0.5) is 5.69 Å². The number of hydrogen-bond donors (Lipinski definition) is 1. The normalized spacial score (nSPS) is 18.3. The Morgan fingerprint density at radius 3 is 2.71 bits per heavy atom. The van der Waals surface area contributed by atoms with Crippen LogP contribution in [0.1, 0.15) is 11.1 Å². The van der Waals surface area contributed by atoms with Gasteiger partial charge in [-0.25, -0.2) is 0 Å². The monoisotopic (exact) mass is 317 g/mol. The third kappa shape index (κ3) is 2.65. The zero-order valence-corrected chi connectivity index (χ0v) is 15.5. The second-order valence-corrected chi connectivity index (χ2v) is 16.3. The van der Waals surface area contributed by atoms with Gasteiger partial charge in [0.05, 0.1) is 0 Å². The maximum atomic E-state index is 12.1. The zero-order valence-electron chi connectivity index (χ0n) is 13.5. The van der Waals surface area contributed by atoms with Crippen molar-refractivity contribution in [1.29, 1.82) is 0 Å². The second kappa shape index (κ2) is 4.66. The van der Waals surface area contributed by atoms with Gasteiger partial charge >= 0.3 is 0 Å². The van der Waals surface area contributed by atoms with Gasteiger partial charge in [0.15, 0.2) is 8.32 Å². The predicted octanol–water partition coefficient (Wildman–Crippen LogP) is 3.59. The second-order valence-electron chi connectivity index (χ2n) is 7.44. The summed E-state index contributed by atoms with van der Waals surface area (Å²) in [6.07, 6.45) is 1.10. The summed E-state index contributed by atoms with van der Waals surface area (Å²) in [5, 5.41) is 6.29. The molecule has 112 valence electrons. The Hall–Kier alpha value is -1.18. The van der Waals surface area contributed by atoms with Crippen molar-refractivity contribution in [3.63, 3.8) is 0 Å². The van der Waals surface area contributed by atoms with E-state index in [1.165, 1.54) is 11.1 Å². The van der Waals surface area contributed by atoms with Crippen molar-refractivity contribution in [2.24, 2.45) is 0 Å². The van der Waals surface area contributed by atoms with Crippen molar-refractivity contribution in [3.8, 4) is 0 Å². The Balaban J connectivity index is 1.75.